The first kappa shape index (κ1) is 17.8. The van der Waals surface area contributed by atoms with Gasteiger partial charge in [0.05, 0.1) is 34.7 Å². The van der Waals surface area contributed by atoms with Gasteiger partial charge in [0.15, 0.2) is 0 Å². The molecule has 0 atom stereocenters. The van der Waals surface area contributed by atoms with Crippen LogP contribution in [0.25, 0.3) is 22.5 Å². The summed E-state index contributed by atoms with van der Waals surface area (Å²) in [5.74, 6) is 1.11. The number of hydrogen-bond donors (Lipinski definition) is 2. The van der Waals surface area contributed by atoms with Crippen LogP contribution in [0.3, 0.4) is 0 Å². The van der Waals surface area contributed by atoms with Gasteiger partial charge in [-0.25, -0.2) is 0 Å². The summed E-state index contributed by atoms with van der Waals surface area (Å²) in [5.41, 5.74) is 13.5. The normalized spacial score (nSPS) is 10.3. The molecule has 8 heteroatoms. The third-order valence-electron chi connectivity index (χ3n) is 4.43. The Balaban J connectivity index is 1.61. The monoisotopic (exact) mass is 380 g/mol. The number of nitriles is 2. The Morgan fingerprint density at radius 3 is 2.31 bits per heavy atom. The van der Waals surface area contributed by atoms with E-state index in [4.69, 9.17) is 16.3 Å². The summed E-state index contributed by atoms with van der Waals surface area (Å²) in [6, 6.07) is 22.2. The van der Waals surface area contributed by atoms with Gasteiger partial charge in [-0.05, 0) is 24.3 Å². The molecule has 0 fully saturated rings. The van der Waals surface area contributed by atoms with Crippen molar-refractivity contribution in [3.8, 4) is 34.7 Å². The zero-order valence-electron chi connectivity index (χ0n) is 15.5. The number of nitrogens with one attached hydrogen (secondary N) is 1. The second kappa shape index (κ2) is 7.22. The third-order valence-corrected chi connectivity index (χ3v) is 4.43. The second-order valence-corrected chi connectivity index (χ2v) is 6.40. The van der Waals surface area contributed by atoms with Crippen molar-refractivity contribution in [1.82, 2.24) is 19.7 Å². The number of nitrogens with zero attached hydrogens (tertiary/aromatic N) is 6. The van der Waals surface area contributed by atoms with E-state index in [1.807, 2.05) is 37.4 Å². The average Bonchev–Trinajstić information content (AvgIpc) is 3.31. The van der Waals surface area contributed by atoms with E-state index in [1.54, 1.807) is 35.0 Å². The molecule has 0 unspecified atom stereocenters. The van der Waals surface area contributed by atoms with Crippen LogP contribution in [0, 0.1) is 22.7 Å². The Morgan fingerprint density at radius 2 is 1.59 bits per heavy atom. The third kappa shape index (κ3) is 3.51. The minimum atomic E-state index is 0.420. The number of nitrogen functional groups attached to an aromatic ring is 1. The van der Waals surface area contributed by atoms with Crippen LogP contribution in [0.15, 0.2) is 60.7 Å². The summed E-state index contributed by atoms with van der Waals surface area (Å²) in [4.78, 5) is 1.47. The highest BCUT2D eigenvalue weighted by atomic mass is 15.6. The van der Waals surface area contributed by atoms with Crippen molar-refractivity contribution in [2.45, 2.75) is 0 Å². The molecule has 3 N–H and O–H groups in total. The van der Waals surface area contributed by atoms with Crippen molar-refractivity contribution >= 4 is 11.6 Å². The number of hydrogen-bond acceptors (Lipinski definition) is 6. The highest BCUT2D eigenvalue weighted by Gasteiger charge is 2.12. The molecule has 0 saturated heterocycles. The summed E-state index contributed by atoms with van der Waals surface area (Å²) < 4.78 is 1.69. The van der Waals surface area contributed by atoms with Gasteiger partial charge in [-0.2, -0.15) is 25.5 Å². The summed E-state index contributed by atoms with van der Waals surface area (Å²) in [6.07, 6.45) is 0. The number of aryl methyl sites for hydroxylation is 1. The van der Waals surface area contributed by atoms with Gasteiger partial charge in [0.25, 0.3) is 0 Å². The predicted molar refractivity (Wildman–Crippen MR) is 109 cm³/mol. The van der Waals surface area contributed by atoms with E-state index in [-0.39, 0.29) is 0 Å². The van der Waals surface area contributed by atoms with Gasteiger partial charge < -0.3 is 5.73 Å². The van der Waals surface area contributed by atoms with E-state index in [9.17, 15) is 0 Å². The maximum atomic E-state index is 9.08. The van der Waals surface area contributed by atoms with Crippen LogP contribution in [0.5, 0.6) is 0 Å². The van der Waals surface area contributed by atoms with Crippen molar-refractivity contribution in [3.05, 3.63) is 71.8 Å². The van der Waals surface area contributed by atoms with E-state index < -0.39 is 0 Å². The second-order valence-electron chi connectivity index (χ2n) is 6.40. The number of benzene rings is 2. The molecule has 4 aromatic rings. The molecule has 0 amide bonds. The van der Waals surface area contributed by atoms with Crippen LogP contribution >= 0.6 is 0 Å². The summed E-state index contributed by atoms with van der Waals surface area (Å²) in [5, 5.41) is 27.0. The first-order valence-corrected chi connectivity index (χ1v) is 8.75. The standard InChI is InChI=1S/C21H16N8/c1-28-21(11-19(25-28)16-7-5-14(12-22)6-8-16)27-29-20(24)10-18(26-29)17-4-2-3-15(9-17)13-23/h2-11,27H,24H2,1H3. The molecule has 140 valence electrons. The Morgan fingerprint density at radius 1 is 0.862 bits per heavy atom. The van der Waals surface area contributed by atoms with E-state index in [0.29, 0.717) is 28.5 Å². The predicted octanol–water partition coefficient (Wildman–Crippen LogP) is 3.15. The number of anilines is 2. The fourth-order valence-corrected chi connectivity index (χ4v) is 2.91. The fourth-order valence-electron chi connectivity index (χ4n) is 2.91. The summed E-state index contributed by atoms with van der Waals surface area (Å²) >= 11 is 0. The van der Waals surface area contributed by atoms with Crippen LogP contribution in [0.4, 0.5) is 11.6 Å². The highest BCUT2D eigenvalue weighted by molar-refractivity contribution is 5.66. The van der Waals surface area contributed by atoms with Crippen molar-refractivity contribution in [2.75, 3.05) is 11.2 Å². The molecule has 2 heterocycles. The van der Waals surface area contributed by atoms with Crippen LogP contribution in [-0.2, 0) is 7.05 Å². The zero-order valence-corrected chi connectivity index (χ0v) is 15.5. The molecule has 29 heavy (non-hydrogen) atoms. The van der Waals surface area contributed by atoms with E-state index in [0.717, 1.165) is 16.8 Å². The van der Waals surface area contributed by atoms with Gasteiger partial charge in [0.2, 0.25) is 0 Å². The molecule has 0 spiro atoms. The molecule has 0 aliphatic carbocycles. The van der Waals surface area contributed by atoms with Crippen molar-refractivity contribution in [1.29, 1.82) is 10.5 Å². The van der Waals surface area contributed by atoms with Crippen molar-refractivity contribution in [3.63, 3.8) is 0 Å². The van der Waals surface area contributed by atoms with E-state index in [1.165, 1.54) is 4.79 Å². The maximum absolute atomic E-state index is 9.08. The van der Waals surface area contributed by atoms with E-state index >= 15 is 0 Å². The number of nitrogens with two attached hydrogens (primary N) is 1. The Hall–Kier alpha value is -4.56. The molecule has 2 aromatic carbocycles. The zero-order chi connectivity index (χ0) is 20.4. The molecule has 0 aliphatic heterocycles. The Bertz CT molecular complexity index is 1270. The largest absolute Gasteiger partial charge is 0.382 e. The summed E-state index contributed by atoms with van der Waals surface area (Å²) in [7, 11) is 1.81. The molecule has 0 bridgehead atoms. The molecule has 0 saturated carbocycles. The minimum Gasteiger partial charge on any atom is -0.382 e. The quantitative estimate of drug-likeness (QED) is 0.561. The molecule has 8 nitrogen and oxygen atoms in total. The lowest BCUT2D eigenvalue weighted by Gasteiger charge is -2.07. The lowest BCUT2D eigenvalue weighted by Crippen LogP contribution is -2.16. The summed E-state index contributed by atoms with van der Waals surface area (Å²) in [6.45, 7) is 0. The lowest BCUT2D eigenvalue weighted by atomic mass is 10.1. The van der Waals surface area contributed by atoms with E-state index in [2.05, 4.69) is 27.8 Å². The van der Waals surface area contributed by atoms with Gasteiger partial charge in [0.1, 0.15) is 11.6 Å². The Labute approximate surface area is 167 Å². The molecule has 2 aromatic heterocycles. The first-order valence-electron chi connectivity index (χ1n) is 8.75. The molecule has 4 rings (SSSR count). The molecule has 0 aliphatic rings. The van der Waals surface area contributed by atoms with Gasteiger partial charge in [-0.1, -0.05) is 24.3 Å². The molecule has 0 radical (unpaired) electrons. The van der Waals surface area contributed by atoms with Crippen LogP contribution in [-0.4, -0.2) is 19.7 Å². The maximum Gasteiger partial charge on any atom is 0.145 e. The van der Waals surface area contributed by atoms with Gasteiger partial charge in [-0.3, -0.25) is 10.1 Å². The molecular formula is C21H16N8. The number of aromatic nitrogens is 4. The minimum absolute atomic E-state index is 0.420. The molecular weight excluding hydrogens is 364 g/mol. The van der Waals surface area contributed by atoms with Crippen molar-refractivity contribution in [2.24, 2.45) is 7.05 Å². The SMILES string of the molecule is Cn1nc(-c2ccc(C#N)cc2)cc1Nn1nc(-c2cccc(C#N)c2)cc1N. The topological polar surface area (TPSA) is 121 Å². The van der Waals surface area contributed by atoms with Crippen molar-refractivity contribution < 1.29 is 0 Å². The van der Waals surface area contributed by atoms with Gasteiger partial charge >= 0.3 is 0 Å². The van der Waals surface area contributed by atoms with Gasteiger partial charge in [0, 0.05) is 30.3 Å². The average molecular weight is 380 g/mol. The van der Waals surface area contributed by atoms with Crippen LogP contribution in [0.1, 0.15) is 11.1 Å². The lowest BCUT2D eigenvalue weighted by molar-refractivity contribution is 0.735. The van der Waals surface area contributed by atoms with Gasteiger partial charge in [-0.15, -0.1) is 0 Å². The smallest absolute Gasteiger partial charge is 0.145 e. The Kier molecular flexibility index (Phi) is 4.44. The number of rotatable bonds is 4. The van der Waals surface area contributed by atoms with Crippen LogP contribution in [0.2, 0.25) is 0 Å². The fraction of sp³-hybridized carbons (Fsp3) is 0.0476. The van der Waals surface area contributed by atoms with Crippen LogP contribution < -0.4 is 11.2 Å². The highest BCUT2D eigenvalue weighted by Crippen LogP contribution is 2.24. The first-order chi connectivity index (χ1) is 14.1.